The van der Waals surface area contributed by atoms with E-state index in [0.717, 1.165) is 0 Å². The second kappa shape index (κ2) is 2.63. The van der Waals surface area contributed by atoms with Gasteiger partial charge in [-0.05, 0) is 12.1 Å². The van der Waals surface area contributed by atoms with Crippen molar-refractivity contribution in [2.75, 3.05) is 0 Å². The smallest absolute Gasteiger partial charge is 0.115 e. The lowest BCUT2D eigenvalue weighted by Crippen LogP contribution is -2.49. The summed E-state index contributed by atoms with van der Waals surface area (Å²) in [6, 6.07) is 10.7. The molecule has 1 aliphatic rings. The van der Waals surface area contributed by atoms with Crippen LogP contribution in [0.3, 0.4) is 0 Å². The Morgan fingerprint density at radius 2 is 1.75 bits per heavy atom. The first-order valence-corrected chi connectivity index (χ1v) is 7.42. The maximum Gasteiger partial charge on any atom is 0.115 e. The van der Waals surface area contributed by atoms with Crippen molar-refractivity contribution < 1.29 is 5.11 Å². The summed E-state index contributed by atoms with van der Waals surface area (Å²) < 4.78 is 0. The standard InChI is InChI=1S/C10H14OSi/c1-12(7-2-8-12)10-5-3-9(11)4-6-10/h3-6,11H,2,7-8H2,1H3. The van der Waals surface area contributed by atoms with E-state index in [1.165, 1.54) is 23.7 Å². The van der Waals surface area contributed by atoms with Gasteiger partial charge in [-0.15, -0.1) is 0 Å². The van der Waals surface area contributed by atoms with Crippen LogP contribution in [-0.2, 0) is 0 Å². The Morgan fingerprint density at radius 1 is 1.17 bits per heavy atom. The van der Waals surface area contributed by atoms with Crippen molar-refractivity contribution in [3.8, 4) is 5.75 Å². The SMILES string of the molecule is C[Si]1(c2ccc(O)cc2)CCC1. The van der Waals surface area contributed by atoms with E-state index in [1.807, 2.05) is 12.1 Å². The summed E-state index contributed by atoms with van der Waals surface area (Å²) in [5.41, 5.74) is 0. The fourth-order valence-electron chi connectivity index (χ4n) is 1.86. The van der Waals surface area contributed by atoms with Gasteiger partial charge in [0.05, 0.1) is 8.07 Å². The highest BCUT2D eigenvalue weighted by Gasteiger charge is 2.35. The first-order valence-electron chi connectivity index (χ1n) is 4.50. The quantitative estimate of drug-likeness (QED) is 0.653. The van der Waals surface area contributed by atoms with Gasteiger partial charge in [0.1, 0.15) is 5.75 Å². The summed E-state index contributed by atoms with van der Waals surface area (Å²) in [4.78, 5) is 0. The molecular weight excluding hydrogens is 164 g/mol. The van der Waals surface area contributed by atoms with Gasteiger partial charge in [0.25, 0.3) is 0 Å². The molecule has 1 N–H and O–H groups in total. The summed E-state index contributed by atoms with van der Waals surface area (Å²) in [5.74, 6) is 0.385. The largest absolute Gasteiger partial charge is 0.508 e. The van der Waals surface area contributed by atoms with Crippen LogP contribution in [0.15, 0.2) is 24.3 Å². The Kier molecular flexibility index (Phi) is 1.72. The number of hydrogen-bond acceptors (Lipinski definition) is 1. The number of rotatable bonds is 1. The van der Waals surface area contributed by atoms with Crippen molar-refractivity contribution in [2.24, 2.45) is 0 Å². The van der Waals surface area contributed by atoms with Gasteiger partial charge in [-0.1, -0.05) is 42.4 Å². The van der Waals surface area contributed by atoms with Crippen molar-refractivity contribution in [1.29, 1.82) is 0 Å². The van der Waals surface area contributed by atoms with Crippen molar-refractivity contribution in [3.63, 3.8) is 0 Å². The summed E-state index contributed by atoms with van der Waals surface area (Å²) in [5, 5.41) is 10.6. The van der Waals surface area contributed by atoms with E-state index >= 15 is 0 Å². The van der Waals surface area contributed by atoms with Crippen molar-refractivity contribution in [2.45, 2.75) is 25.1 Å². The zero-order valence-electron chi connectivity index (χ0n) is 7.38. The number of hydrogen-bond donors (Lipinski definition) is 1. The summed E-state index contributed by atoms with van der Waals surface area (Å²) in [7, 11) is -1.01. The third kappa shape index (κ3) is 1.16. The fourth-order valence-corrected chi connectivity index (χ4v) is 4.82. The molecular formula is C10H14OSi. The molecule has 0 spiro atoms. The molecule has 0 atom stereocenters. The summed E-state index contributed by atoms with van der Waals surface area (Å²) in [6.45, 7) is 2.43. The predicted molar refractivity (Wildman–Crippen MR) is 53.6 cm³/mol. The number of phenolic OH excluding ortho intramolecular Hbond substituents is 1. The molecule has 0 aliphatic carbocycles. The average Bonchev–Trinajstić information content (AvgIpc) is 2.02. The molecule has 0 saturated carbocycles. The maximum absolute atomic E-state index is 9.13. The zero-order chi connectivity index (χ0) is 8.60. The van der Waals surface area contributed by atoms with E-state index < -0.39 is 8.07 Å². The molecule has 64 valence electrons. The van der Waals surface area contributed by atoms with E-state index in [1.54, 1.807) is 0 Å². The van der Waals surface area contributed by atoms with Crippen LogP contribution < -0.4 is 5.19 Å². The lowest BCUT2D eigenvalue weighted by molar-refractivity contribution is 0.475. The molecule has 0 aromatic heterocycles. The Hall–Kier alpha value is -0.763. The van der Waals surface area contributed by atoms with Crippen molar-refractivity contribution in [3.05, 3.63) is 24.3 Å². The van der Waals surface area contributed by atoms with E-state index in [-0.39, 0.29) is 0 Å². The van der Waals surface area contributed by atoms with Crippen LogP contribution in [0.4, 0.5) is 0 Å². The van der Waals surface area contributed by atoms with Crippen LogP contribution in [0.1, 0.15) is 6.42 Å². The van der Waals surface area contributed by atoms with Crippen LogP contribution in [0.5, 0.6) is 5.75 Å². The molecule has 2 heteroatoms. The van der Waals surface area contributed by atoms with E-state index in [9.17, 15) is 0 Å². The maximum atomic E-state index is 9.13. The van der Waals surface area contributed by atoms with Gasteiger partial charge in [-0.2, -0.15) is 0 Å². The molecule has 1 fully saturated rings. The lowest BCUT2D eigenvalue weighted by Gasteiger charge is -2.36. The van der Waals surface area contributed by atoms with Gasteiger partial charge >= 0.3 is 0 Å². The Morgan fingerprint density at radius 3 is 2.17 bits per heavy atom. The molecule has 0 unspecified atom stereocenters. The molecule has 1 aliphatic heterocycles. The summed E-state index contributed by atoms with van der Waals surface area (Å²) >= 11 is 0. The molecule has 12 heavy (non-hydrogen) atoms. The molecule has 1 saturated heterocycles. The minimum Gasteiger partial charge on any atom is -0.508 e. The normalized spacial score (nSPS) is 20.1. The number of phenols is 1. The Bertz CT molecular complexity index is 274. The number of aromatic hydroxyl groups is 1. The molecule has 1 aromatic carbocycles. The Balaban J connectivity index is 2.28. The molecule has 1 heterocycles. The second-order valence-electron chi connectivity index (χ2n) is 3.96. The van der Waals surface area contributed by atoms with E-state index in [2.05, 4.69) is 18.7 Å². The highest BCUT2D eigenvalue weighted by Crippen LogP contribution is 2.31. The van der Waals surface area contributed by atoms with Gasteiger partial charge in [-0.3, -0.25) is 0 Å². The second-order valence-corrected chi connectivity index (χ2v) is 8.66. The van der Waals surface area contributed by atoms with Crippen LogP contribution in [0.25, 0.3) is 0 Å². The van der Waals surface area contributed by atoms with E-state index in [4.69, 9.17) is 5.11 Å². The molecule has 0 bridgehead atoms. The highest BCUT2D eigenvalue weighted by molar-refractivity contribution is 6.92. The monoisotopic (exact) mass is 178 g/mol. The minimum absolute atomic E-state index is 0.385. The third-order valence-electron chi connectivity index (χ3n) is 3.02. The third-order valence-corrected chi connectivity index (χ3v) is 7.66. The predicted octanol–water partition coefficient (Wildman–Crippen LogP) is 2.08. The van der Waals surface area contributed by atoms with Gasteiger partial charge in [0, 0.05) is 0 Å². The van der Waals surface area contributed by atoms with Gasteiger partial charge in [0.2, 0.25) is 0 Å². The van der Waals surface area contributed by atoms with Gasteiger partial charge < -0.3 is 5.11 Å². The minimum atomic E-state index is -1.01. The molecule has 1 nitrogen and oxygen atoms in total. The topological polar surface area (TPSA) is 20.2 Å². The molecule has 0 radical (unpaired) electrons. The van der Waals surface area contributed by atoms with Crippen molar-refractivity contribution in [1.82, 2.24) is 0 Å². The van der Waals surface area contributed by atoms with Crippen LogP contribution >= 0.6 is 0 Å². The average molecular weight is 178 g/mol. The molecule has 2 rings (SSSR count). The van der Waals surface area contributed by atoms with Crippen LogP contribution in [0, 0.1) is 0 Å². The lowest BCUT2D eigenvalue weighted by atomic mass is 10.3. The van der Waals surface area contributed by atoms with Crippen molar-refractivity contribution >= 4 is 13.3 Å². The first kappa shape index (κ1) is 7.86. The zero-order valence-corrected chi connectivity index (χ0v) is 8.38. The Labute approximate surface area is 74.1 Å². The summed E-state index contributed by atoms with van der Waals surface area (Å²) in [6.07, 6.45) is 1.41. The van der Waals surface area contributed by atoms with Crippen LogP contribution in [-0.4, -0.2) is 13.2 Å². The van der Waals surface area contributed by atoms with Gasteiger partial charge in [0.15, 0.2) is 0 Å². The van der Waals surface area contributed by atoms with Crippen LogP contribution in [0.2, 0.25) is 18.6 Å². The molecule has 0 amide bonds. The first-order chi connectivity index (χ1) is 5.71. The highest BCUT2D eigenvalue weighted by atomic mass is 28.3. The fraction of sp³-hybridized carbons (Fsp3) is 0.400. The molecule has 1 aromatic rings. The number of benzene rings is 1. The van der Waals surface area contributed by atoms with Gasteiger partial charge in [-0.25, -0.2) is 0 Å². The van der Waals surface area contributed by atoms with E-state index in [0.29, 0.717) is 5.75 Å².